The summed E-state index contributed by atoms with van der Waals surface area (Å²) >= 11 is 0. The molecule has 1 heterocycles. The molecule has 0 bridgehead atoms. The van der Waals surface area contributed by atoms with Gasteiger partial charge in [-0.2, -0.15) is 0 Å². The van der Waals surface area contributed by atoms with Gasteiger partial charge in [0.15, 0.2) is 0 Å². The summed E-state index contributed by atoms with van der Waals surface area (Å²) in [5.74, 6) is -0.566. The zero-order valence-corrected chi connectivity index (χ0v) is 17.1. The van der Waals surface area contributed by atoms with Crippen LogP contribution < -0.4 is 4.74 Å². The number of ketones is 1. The second-order valence-electron chi connectivity index (χ2n) is 6.64. The maximum Gasteiger partial charge on any atom is 0.280 e. The number of fused-ring (bicyclic) bond motifs is 1. The van der Waals surface area contributed by atoms with E-state index in [4.69, 9.17) is 4.74 Å². The van der Waals surface area contributed by atoms with E-state index in [1.165, 1.54) is 37.4 Å². The number of methoxy groups -OCH3 is 1. The molecule has 156 valence electrons. The normalized spacial score (nSPS) is 11.4. The molecule has 0 aliphatic heterocycles. The molecule has 0 aliphatic carbocycles. The highest BCUT2D eigenvalue weighted by Crippen LogP contribution is 2.31. The monoisotopic (exact) mass is 436 g/mol. The molecule has 8 nitrogen and oxygen atoms in total. The van der Waals surface area contributed by atoms with Gasteiger partial charge in [-0.25, -0.2) is 12.4 Å². The van der Waals surface area contributed by atoms with Crippen molar-refractivity contribution >= 4 is 32.4 Å². The molecule has 1 aromatic heterocycles. The van der Waals surface area contributed by atoms with Crippen molar-refractivity contribution in [1.82, 2.24) is 3.97 Å². The molecule has 0 atom stereocenters. The van der Waals surface area contributed by atoms with Crippen molar-refractivity contribution in [3.8, 4) is 5.75 Å². The summed E-state index contributed by atoms with van der Waals surface area (Å²) in [6.07, 6.45) is 0. The molecule has 0 spiro atoms. The first kappa shape index (κ1) is 20.3. The quantitative estimate of drug-likeness (QED) is 0.257. The molecule has 9 heteroatoms. The highest BCUT2D eigenvalue weighted by atomic mass is 32.2. The van der Waals surface area contributed by atoms with Gasteiger partial charge >= 0.3 is 0 Å². The summed E-state index contributed by atoms with van der Waals surface area (Å²) in [7, 11) is -2.79. The van der Waals surface area contributed by atoms with Crippen LogP contribution in [0.25, 0.3) is 10.9 Å². The van der Waals surface area contributed by atoms with E-state index in [1.54, 1.807) is 42.5 Å². The smallest absolute Gasteiger partial charge is 0.280 e. The van der Waals surface area contributed by atoms with Gasteiger partial charge < -0.3 is 4.74 Å². The average Bonchev–Trinajstić information content (AvgIpc) is 3.19. The van der Waals surface area contributed by atoms with Gasteiger partial charge in [0, 0.05) is 11.5 Å². The lowest BCUT2D eigenvalue weighted by Gasteiger charge is -2.12. The Hall–Kier alpha value is -3.98. The van der Waals surface area contributed by atoms with Gasteiger partial charge in [-0.15, -0.1) is 0 Å². The molecular formula is C22H16N2O6S. The van der Waals surface area contributed by atoms with E-state index < -0.39 is 26.4 Å². The summed E-state index contributed by atoms with van der Waals surface area (Å²) in [4.78, 5) is 24.3. The molecule has 0 radical (unpaired) electrons. The first-order chi connectivity index (χ1) is 14.8. The Kier molecular flexibility index (Phi) is 5.04. The zero-order chi connectivity index (χ0) is 22.2. The van der Waals surface area contributed by atoms with Crippen molar-refractivity contribution < 1.29 is 22.9 Å². The summed E-state index contributed by atoms with van der Waals surface area (Å²) < 4.78 is 33.0. The van der Waals surface area contributed by atoms with Crippen LogP contribution in [0.5, 0.6) is 5.75 Å². The minimum atomic E-state index is -4.16. The Balaban J connectivity index is 2.02. The van der Waals surface area contributed by atoms with E-state index >= 15 is 0 Å². The van der Waals surface area contributed by atoms with Gasteiger partial charge in [0.25, 0.3) is 15.7 Å². The molecule has 4 aromatic rings. The number of carbonyl (C=O) groups excluding carboxylic acids is 1. The number of hydrogen-bond acceptors (Lipinski definition) is 6. The number of aromatic nitrogens is 1. The number of para-hydroxylation sites is 1. The molecule has 0 saturated heterocycles. The van der Waals surface area contributed by atoms with Crippen LogP contribution in [0.15, 0.2) is 83.8 Å². The minimum Gasteiger partial charge on any atom is -0.497 e. The number of nitro benzene ring substituents is 1. The van der Waals surface area contributed by atoms with Crippen LogP contribution in [0.1, 0.15) is 16.1 Å². The fourth-order valence-electron chi connectivity index (χ4n) is 3.37. The molecule has 0 aliphatic rings. The van der Waals surface area contributed by atoms with Crippen molar-refractivity contribution in [3.05, 3.63) is 100 Å². The summed E-state index contributed by atoms with van der Waals surface area (Å²) in [6.45, 7) is 0. The Morgan fingerprint density at radius 3 is 2.32 bits per heavy atom. The molecule has 0 amide bonds. The van der Waals surface area contributed by atoms with Gasteiger partial charge in [-0.1, -0.05) is 36.4 Å². The van der Waals surface area contributed by atoms with E-state index in [-0.39, 0.29) is 21.9 Å². The van der Waals surface area contributed by atoms with Crippen LogP contribution in [-0.2, 0) is 10.0 Å². The van der Waals surface area contributed by atoms with Crippen molar-refractivity contribution in [2.24, 2.45) is 0 Å². The van der Waals surface area contributed by atoms with Crippen molar-refractivity contribution in [2.45, 2.75) is 4.90 Å². The second-order valence-corrected chi connectivity index (χ2v) is 8.43. The largest absolute Gasteiger partial charge is 0.497 e. The Morgan fingerprint density at radius 1 is 0.968 bits per heavy atom. The lowest BCUT2D eigenvalue weighted by molar-refractivity contribution is -0.385. The molecule has 3 aromatic carbocycles. The first-order valence-corrected chi connectivity index (χ1v) is 10.6. The third kappa shape index (κ3) is 3.44. The van der Waals surface area contributed by atoms with Gasteiger partial charge in [0.2, 0.25) is 5.78 Å². The van der Waals surface area contributed by atoms with Crippen LogP contribution in [0.2, 0.25) is 0 Å². The van der Waals surface area contributed by atoms with Gasteiger partial charge in [0.05, 0.1) is 22.4 Å². The number of rotatable bonds is 6. The van der Waals surface area contributed by atoms with Crippen molar-refractivity contribution in [2.75, 3.05) is 7.11 Å². The maximum absolute atomic E-state index is 13.5. The number of nitro groups is 1. The third-order valence-corrected chi connectivity index (χ3v) is 6.57. The molecule has 0 N–H and O–H groups in total. The maximum atomic E-state index is 13.5. The van der Waals surface area contributed by atoms with Crippen LogP contribution in [0.4, 0.5) is 5.69 Å². The van der Waals surface area contributed by atoms with Crippen molar-refractivity contribution in [3.63, 3.8) is 0 Å². The number of hydrogen-bond donors (Lipinski definition) is 0. The third-order valence-electron chi connectivity index (χ3n) is 4.83. The Labute approximate surface area is 177 Å². The number of carbonyl (C=O) groups is 1. The molecule has 0 saturated carbocycles. The number of ether oxygens (including phenoxy) is 1. The standard InChI is InChI=1S/C22H16N2O6S/c1-30-16-11-12-20(24(26)27)18(14-16)22(25)21-13-15-7-5-6-10-19(15)23(21)31(28,29)17-8-3-2-4-9-17/h2-14H,1H3. The minimum absolute atomic E-state index is 0.00875. The fraction of sp³-hybridized carbons (Fsp3) is 0.0455. The predicted molar refractivity (Wildman–Crippen MR) is 114 cm³/mol. The topological polar surface area (TPSA) is 109 Å². The summed E-state index contributed by atoms with van der Waals surface area (Å²) in [5, 5.41) is 12.0. The molecule has 31 heavy (non-hydrogen) atoms. The second kappa shape index (κ2) is 7.69. The van der Waals surface area contributed by atoms with Crippen molar-refractivity contribution in [1.29, 1.82) is 0 Å². The van der Waals surface area contributed by atoms with E-state index in [2.05, 4.69) is 0 Å². The van der Waals surface area contributed by atoms with Gasteiger partial charge in [-0.3, -0.25) is 14.9 Å². The van der Waals surface area contributed by atoms with Crippen LogP contribution in [0.3, 0.4) is 0 Å². The van der Waals surface area contributed by atoms with Crippen LogP contribution in [-0.4, -0.2) is 30.2 Å². The lowest BCUT2D eigenvalue weighted by atomic mass is 10.1. The van der Waals surface area contributed by atoms with E-state index in [0.717, 1.165) is 10.0 Å². The predicted octanol–water partition coefficient (Wildman–Crippen LogP) is 4.03. The lowest BCUT2D eigenvalue weighted by Crippen LogP contribution is -2.19. The number of nitrogens with zero attached hydrogens (tertiary/aromatic N) is 2. The fourth-order valence-corrected chi connectivity index (χ4v) is 4.90. The number of benzene rings is 3. The molecule has 4 rings (SSSR count). The highest BCUT2D eigenvalue weighted by Gasteiger charge is 2.30. The summed E-state index contributed by atoms with van der Waals surface area (Å²) in [6, 6.07) is 19.5. The molecular weight excluding hydrogens is 420 g/mol. The van der Waals surface area contributed by atoms with E-state index in [0.29, 0.717) is 10.9 Å². The van der Waals surface area contributed by atoms with E-state index in [1.807, 2.05) is 0 Å². The zero-order valence-electron chi connectivity index (χ0n) is 16.3. The Morgan fingerprint density at radius 2 is 1.65 bits per heavy atom. The molecule has 0 unspecified atom stereocenters. The van der Waals surface area contributed by atoms with Crippen LogP contribution in [0, 0.1) is 10.1 Å². The molecule has 0 fully saturated rings. The SMILES string of the molecule is COc1ccc([N+](=O)[O-])c(C(=O)c2cc3ccccc3n2S(=O)(=O)c2ccccc2)c1. The Bertz CT molecular complexity index is 1430. The highest BCUT2D eigenvalue weighted by molar-refractivity contribution is 7.90. The average molecular weight is 436 g/mol. The van der Waals surface area contributed by atoms with Crippen LogP contribution >= 0.6 is 0 Å². The van der Waals surface area contributed by atoms with Gasteiger partial charge in [-0.05, 0) is 36.4 Å². The van der Waals surface area contributed by atoms with Gasteiger partial charge in [0.1, 0.15) is 17.0 Å². The van der Waals surface area contributed by atoms with E-state index in [9.17, 15) is 23.3 Å². The first-order valence-electron chi connectivity index (χ1n) is 9.13. The summed E-state index contributed by atoms with van der Waals surface area (Å²) in [5.41, 5.74) is -0.627.